The van der Waals surface area contributed by atoms with Crippen LogP contribution in [-0.2, 0) is 32.0 Å². The molecule has 0 radical (unpaired) electrons. The number of carbonyl (C=O) groups is 4. The number of aromatic hydroxyl groups is 1. The fraction of sp³-hybridized carbons (Fsp3) is 0.385. The first-order valence-corrected chi connectivity index (χ1v) is 14.0. The van der Waals surface area contributed by atoms with Gasteiger partial charge in [-0.15, -0.1) is 0 Å². The number of nitrogens with one attached hydrogen (secondary N) is 3. The zero-order valence-corrected chi connectivity index (χ0v) is 22.7. The van der Waals surface area contributed by atoms with Gasteiger partial charge in [0.15, 0.2) is 0 Å². The zero-order valence-electron chi connectivity index (χ0n) is 21.0. The molecule has 0 aliphatic heterocycles. The molecule has 10 nitrogen and oxygen atoms in total. The minimum atomic E-state index is -1.27. The minimum Gasteiger partial charge on any atom is -0.508 e. The summed E-state index contributed by atoms with van der Waals surface area (Å²) in [5, 5.41) is 26.7. The van der Waals surface area contributed by atoms with Crippen molar-refractivity contribution >= 4 is 48.1 Å². The van der Waals surface area contributed by atoms with E-state index >= 15 is 0 Å². The number of phenolic OH excluding ortho intramolecular Hbond substituents is 1. The summed E-state index contributed by atoms with van der Waals surface area (Å²) in [6.07, 6.45) is 2.49. The summed E-state index contributed by atoms with van der Waals surface area (Å²) in [7, 11) is 0. The van der Waals surface area contributed by atoms with Crippen molar-refractivity contribution in [2.75, 3.05) is 17.8 Å². The number of carbonyl (C=O) groups excluding carboxylic acids is 3. The van der Waals surface area contributed by atoms with Crippen LogP contribution in [0.5, 0.6) is 5.75 Å². The van der Waals surface area contributed by atoms with E-state index in [0.29, 0.717) is 17.7 Å². The van der Waals surface area contributed by atoms with Gasteiger partial charge in [-0.1, -0.05) is 42.5 Å². The topological polar surface area (TPSA) is 171 Å². The first-order valence-electron chi connectivity index (χ1n) is 12.0. The number of amides is 3. The Bertz CT molecular complexity index is 1070. The summed E-state index contributed by atoms with van der Waals surface area (Å²) < 4.78 is 0. The highest BCUT2D eigenvalue weighted by molar-refractivity contribution is 7.98. The van der Waals surface area contributed by atoms with Gasteiger partial charge in [0, 0.05) is 18.6 Å². The van der Waals surface area contributed by atoms with Crippen molar-refractivity contribution < 1.29 is 29.4 Å². The predicted molar refractivity (Wildman–Crippen MR) is 150 cm³/mol. The SMILES string of the molecule is CSCCC(N)C(=O)NC(Cc1ccccc1)C(=O)NC(Cc1ccc(O)cc1)C(=O)NC(CS)C(=O)O. The second kappa shape index (κ2) is 15.9. The average Bonchev–Trinajstić information content (AvgIpc) is 2.90. The summed E-state index contributed by atoms with van der Waals surface area (Å²) >= 11 is 5.53. The molecule has 2 aromatic carbocycles. The van der Waals surface area contributed by atoms with Gasteiger partial charge in [-0.25, -0.2) is 4.79 Å². The van der Waals surface area contributed by atoms with E-state index in [4.69, 9.17) is 5.73 Å². The smallest absolute Gasteiger partial charge is 0.327 e. The molecule has 0 saturated heterocycles. The third-order valence-corrected chi connectivity index (χ3v) is 6.70. The lowest BCUT2D eigenvalue weighted by Crippen LogP contribution is -2.58. The molecule has 0 aliphatic carbocycles. The van der Waals surface area contributed by atoms with Crippen LogP contribution in [0.1, 0.15) is 17.5 Å². The number of thioether (sulfide) groups is 1. The van der Waals surface area contributed by atoms with Gasteiger partial charge in [0.1, 0.15) is 23.9 Å². The maximum Gasteiger partial charge on any atom is 0.327 e. The molecule has 7 N–H and O–H groups in total. The number of carboxylic acids is 1. The van der Waals surface area contributed by atoms with E-state index in [1.54, 1.807) is 36.0 Å². The van der Waals surface area contributed by atoms with Crippen LogP contribution in [-0.4, -0.2) is 75.8 Å². The van der Waals surface area contributed by atoms with Crippen molar-refractivity contribution in [1.82, 2.24) is 16.0 Å². The molecular formula is C26H34N4O6S2. The number of benzene rings is 2. The Kier molecular flexibility index (Phi) is 13.0. The lowest BCUT2D eigenvalue weighted by molar-refractivity contribution is -0.141. The molecular weight excluding hydrogens is 528 g/mol. The van der Waals surface area contributed by atoms with Gasteiger partial charge in [-0.3, -0.25) is 14.4 Å². The van der Waals surface area contributed by atoms with Crippen LogP contribution >= 0.6 is 24.4 Å². The standard InChI is InChI=1S/C26H34N4O6S2/c1-38-12-11-19(27)23(32)28-20(13-16-5-3-2-4-6-16)24(33)29-21(14-17-7-9-18(31)10-8-17)25(34)30-22(15-37)26(35)36/h2-10,19-22,31,37H,11-15,27H2,1H3,(H,28,32)(H,29,33)(H,30,34)(H,35,36). The molecule has 206 valence electrons. The highest BCUT2D eigenvalue weighted by atomic mass is 32.2. The van der Waals surface area contributed by atoms with Gasteiger partial charge in [0.25, 0.3) is 0 Å². The number of phenols is 1. The van der Waals surface area contributed by atoms with Crippen LogP contribution in [0.2, 0.25) is 0 Å². The molecule has 3 amide bonds. The van der Waals surface area contributed by atoms with E-state index in [-0.39, 0.29) is 24.3 Å². The summed E-state index contributed by atoms with van der Waals surface area (Å²) in [6.45, 7) is 0. The zero-order chi connectivity index (χ0) is 28.1. The van der Waals surface area contributed by atoms with E-state index in [2.05, 4.69) is 28.6 Å². The van der Waals surface area contributed by atoms with Crippen molar-refractivity contribution in [1.29, 1.82) is 0 Å². The molecule has 0 saturated carbocycles. The predicted octanol–water partition coefficient (Wildman–Crippen LogP) is 0.727. The van der Waals surface area contributed by atoms with Crippen LogP contribution in [0.4, 0.5) is 0 Å². The van der Waals surface area contributed by atoms with E-state index < -0.39 is 47.9 Å². The summed E-state index contributed by atoms with van der Waals surface area (Å²) in [4.78, 5) is 50.7. The Morgan fingerprint density at radius 3 is 1.84 bits per heavy atom. The Morgan fingerprint density at radius 2 is 1.34 bits per heavy atom. The number of thiol groups is 1. The number of hydrogen-bond acceptors (Lipinski definition) is 8. The Morgan fingerprint density at radius 1 is 0.842 bits per heavy atom. The van der Waals surface area contributed by atoms with E-state index in [1.807, 2.05) is 24.5 Å². The number of aliphatic carboxylic acids is 1. The lowest BCUT2D eigenvalue weighted by Gasteiger charge is -2.25. The molecule has 0 fully saturated rings. The Hall–Kier alpha value is -3.22. The Labute approximate surface area is 231 Å². The van der Waals surface area contributed by atoms with Gasteiger partial charge in [0.05, 0.1) is 6.04 Å². The van der Waals surface area contributed by atoms with Crippen LogP contribution in [0.3, 0.4) is 0 Å². The normalized spacial score (nSPS) is 14.0. The van der Waals surface area contributed by atoms with E-state index in [9.17, 15) is 29.4 Å². The molecule has 0 aromatic heterocycles. The molecule has 4 atom stereocenters. The summed E-state index contributed by atoms with van der Waals surface area (Å²) in [6, 6.07) is 10.8. The molecule has 0 spiro atoms. The van der Waals surface area contributed by atoms with Crippen LogP contribution < -0.4 is 21.7 Å². The first kappa shape index (κ1) is 31.0. The summed E-state index contributed by atoms with van der Waals surface area (Å²) in [5.41, 5.74) is 7.40. The average molecular weight is 563 g/mol. The van der Waals surface area contributed by atoms with Crippen LogP contribution in [0, 0.1) is 0 Å². The highest BCUT2D eigenvalue weighted by Crippen LogP contribution is 2.12. The van der Waals surface area contributed by atoms with E-state index in [0.717, 1.165) is 5.56 Å². The molecule has 38 heavy (non-hydrogen) atoms. The van der Waals surface area contributed by atoms with Crippen molar-refractivity contribution in [2.24, 2.45) is 5.73 Å². The number of rotatable bonds is 15. The fourth-order valence-corrected chi connectivity index (χ4v) is 4.26. The van der Waals surface area contributed by atoms with Crippen LogP contribution in [0.15, 0.2) is 54.6 Å². The molecule has 0 aliphatic rings. The number of carboxylic acid groups (broad SMARTS) is 1. The van der Waals surface area contributed by atoms with Crippen LogP contribution in [0.25, 0.3) is 0 Å². The quantitative estimate of drug-likeness (QED) is 0.156. The largest absolute Gasteiger partial charge is 0.508 e. The minimum absolute atomic E-state index is 0.00992. The second-order valence-corrected chi connectivity index (χ2v) is 10.0. The molecule has 12 heteroatoms. The second-order valence-electron chi connectivity index (χ2n) is 8.65. The van der Waals surface area contributed by atoms with Crippen molar-refractivity contribution in [3.8, 4) is 5.75 Å². The van der Waals surface area contributed by atoms with Gasteiger partial charge < -0.3 is 31.9 Å². The monoisotopic (exact) mass is 562 g/mol. The molecule has 4 unspecified atom stereocenters. The van der Waals surface area contributed by atoms with Gasteiger partial charge in [0.2, 0.25) is 17.7 Å². The molecule has 2 aromatic rings. The fourth-order valence-electron chi connectivity index (χ4n) is 3.52. The number of hydrogen-bond donors (Lipinski definition) is 7. The van der Waals surface area contributed by atoms with E-state index in [1.165, 1.54) is 12.1 Å². The third-order valence-electron chi connectivity index (χ3n) is 5.69. The molecule has 2 rings (SSSR count). The van der Waals surface area contributed by atoms with Gasteiger partial charge in [-0.05, 0) is 41.7 Å². The maximum atomic E-state index is 13.4. The third kappa shape index (κ3) is 10.3. The van der Waals surface area contributed by atoms with Crippen molar-refractivity contribution in [3.05, 3.63) is 65.7 Å². The Balaban J connectivity index is 2.28. The maximum absolute atomic E-state index is 13.4. The molecule has 0 bridgehead atoms. The summed E-state index contributed by atoms with van der Waals surface area (Å²) in [5.74, 6) is -2.56. The van der Waals surface area contributed by atoms with Gasteiger partial charge >= 0.3 is 5.97 Å². The number of nitrogens with two attached hydrogens (primary N) is 1. The van der Waals surface area contributed by atoms with Crippen molar-refractivity contribution in [2.45, 2.75) is 43.4 Å². The molecule has 0 heterocycles. The van der Waals surface area contributed by atoms with Gasteiger partial charge in [-0.2, -0.15) is 24.4 Å². The van der Waals surface area contributed by atoms with Crippen molar-refractivity contribution in [3.63, 3.8) is 0 Å². The first-order chi connectivity index (χ1) is 18.1. The highest BCUT2D eigenvalue weighted by Gasteiger charge is 2.30. The lowest BCUT2D eigenvalue weighted by atomic mass is 10.0.